The molecule has 0 unspecified atom stereocenters. The number of anilines is 1. The molecule has 0 radical (unpaired) electrons. The first-order valence-corrected chi connectivity index (χ1v) is 4.95. The first-order chi connectivity index (χ1) is 7.79. The third-order valence-electron chi connectivity index (χ3n) is 2.73. The van der Waals surface area contributed by atoms with Gasteiger partial charge in [-0.05, 0) is 6.07 Å². The van der Waals surface area contributed by atoms with E-state index in [0.717, 1.165) is 28.3 Å². The summed E-state index contributed by atoms with van der Waals surface area (Å²) in [6.07, 6.45) is 0.703. The van der Waals surface area contributed by atoms with Crippen molar-refractivity contribution in [2.24, 2.45) is 0 Å². The van der Waals surface area contributed by atoms with Crippen molar-refractivity contribution < 1.29 is 4.74 Å². The normalized spacial score (nSPS) is 12.1. The Kier molecular flexibility index (Phi) is 1.80. The third-order valence-corrected chi connectivity index (χ3v) is 2.73. The van der Waals surface area contributed by atoms with Gasteiger partial charge in [-0.25, -0.2) is 4.98 Å². The average molecular weight is 214 g/mol. The van der Waals surface area contributed by atoms with Gasteiger partial charge in [-0.1, -0.05) is 12.1 Å². The first-order valence-electron chi connectivity index (χ1n) is 4.95. The van der Waals surface area contributed by atoms with E-state index < -0.39 is 0 Å². The van der Waals surface area contributed by atoms with Crippen LogP contribution in [-0.2, 0) is 6.42 Å². The molecule has 0 saturated heterocycles. The second-order valence-corrected chi connectivity index (χ2v) is 3.63. The highest BCUT2D eigenvalue weighted by Crippen LogP contribution is 2.38. The predicted octanol–water partition coefficient (Wildman–Crippen LogP) is 1.03. The van der Waals surface area contributed by atoms with Crippen molar-refractivity contribution in [3.05, 3.63) is 29.5 Å². The minimum Gasteiger partial charge on any atom is -0.496 e. The second kappa shape index (κ2) is 3.16. The van der Waals surface area contributed by atoms with Gasteiger partial charge in [0.2, 0.25) is 5.95 Å². The average Bonchev–Trinajstić information content (AvgIpc) is 2.67. The lowest BCUT2D eigenvalue weighted by atomic mass is 10.1. The summed E-state index contributed by atoms with van der Waals surface area (Å²) >= 11 is 0. The largest absolute Gasteiger partial charge is 0.496 e. The van der Waals surface area contributed by atoms with E-state index in [1.807, 2.05) is 18.2 Å². The molecule has 1 heterocycles. The quantitative estimate of drug-likeness (QED) is 0.655. The number of aromatic nitrogens is 3. The fraction of sp³-hybridized carbons (Fsp3) is 0.182. The lowest BCUT2D eigenvalue weighted by Gasteiger charge is -2.05. The summed E-state index contributed by atoms with van der Waals surface area (Å²) in [6, 6.07) is 5.87. The number of nitrogens with zero attached hydrogens (tertiary/aromatic N) is 3. The van der Waals surface area contributed by atoms with Crippen LogP contribution in [0.4, 0.5) is 5.95 Å². The van der Waals surface area contributed by atoms with Crippen LogP contribution in [0, 0.1) is 0 Å². The van der Waals surface area contributed by atoms with E-state index in [1.54, 1.807) is 7.11 Å². The van der Waals surface area contributed by atoms with Gasteiger partial charge in [-0.3, -0.25) is 0 Å². The van der Waals surface area contributed by atoms with Crippen molar-refractivity contribution in [1.82, 2.24) is 15.2 Å². The minimum atomic E-state index is 0.203. The van der Waals surface area contributed by atoms with Crippen LogP contribution in [0.15, 0.2) is 18.2 Å². The molecule has 0 bridgehead atoms. The summed E-state index contributed by atoms with van der Waals surface area (Å²) in [5.41, 5.74) is 9.36. The maximum Gasteiger partial charge on any atom is 0.240 e. The molecule has 2 N–H and O–H groups in total. The number of ether oxygens (including phenoxy) is 1. The van der Waals surface area contributed by atoms with Gasteiger partial charge in [-0.2, -0.15) is 0 Å². The van der Waals surface area contributed by atoms with E-state index in [0.29, 0.717) is 6.42 Å². The number of hydrogen-bond acceptors (Lipinski definition) is 5. The highest BCUT2D eigenvalue weighted by Gasteiger charge is 2.24. The Labute approximate surface area is 92.3 Å². The molecule has 1 aromatic heterocycles. The molecule has 0 amide bonds. The van der Waals surface area contributed by atoms with Crippen LogP contribution >= 0.6 is 0 Å². The highest BCUT2D eigenvalue weighted by atomic mass is 16.5. The lowest BCUT2D eigenvalue weighted by molar-refractivity contribution is 0.411. The molecule has 16 heavy (non-hydrogen) atoms. The Bertz CT molecular complexity index is 568. The fourth-order valence-corrected chi connectivity index (χ4v) is 2.02. The molecular weight excluding hydrogens is 204 g/mol. The standard InChI is InChI=1S/C11H10N4O/c1-16-9-4-2-3-6-7(9)5-8-10(6)13-11(12)15-14-8/h2-4H,5H2,1H3,(H2,12,13,15). The molecule has 80 valence electrons. The van der Waals surface area contributed by atoms with Crippen LogP contribution < -0.4 is 10.5 Å². The Hall–Kier alpha value is -2.17. The zero-order chi connectivity index (χ0) is 11.1. The monoisotopic (exact) mass is 214 g/mol. The van der Waals surface area contributed by atoms with Crippen molar-refractivity contribution in [3.8, 4) is 17.0 Å². The molecule has 3 rings (SSSR count). The summed E-state index contributed by atoms with van der Waals surface area (Å²) < 4.78 is 5.31. The van der Waals surface area contributed by atoms with E-state index in [2.05, 4.69) is 15.2 Å². The molecule has 5 heteroatoms. The van der Waals surface area contributed by atoms with Crippen molar-refractivity contribution in [1.29, 1.82) is 0 Å². The molecule has 0 spiro atoms. The SMILES string of the molecule is COc1cccc2c1Cc1nnc(N)nc1-2. The Balaban J connectivity index is 2.25. The smallest absolute Gasteiger partial charge is 0.240 e. The number of benzene rings is 1. The number of fused-ring (bicyclic) bond motifs is 3. The summed E-state index contributed by atoms with van der Waals surface area (Å²) in [5, 5.41) is 7.82. The molecule has 2 aromatic rings. The molecular formula is C11H10N4O. The van der Waals surface area contributed by atoms with Gasteiger partial charge in [0.1, 0.15) is 5.75 Å². The van der Waals surface area contributed by atoms with Gasteiger partial charge >= 0.3 is 0 Å². The van der Waals surface area contributed by atoms with Crippen LogP contribution in [0.1, 0.15) is 11.3 Å². The second-order valence-electron chi connectivity index (χ2n) is 3.63. The van der Waals surface area contributed by atoms with E-state index in [-0.39, 0.29) is 5.95 Å². The number of hydrogen-bond donors (Lipinski definition) is 1. The van der Waals surface area contributed by atoms with E-state index in [9.17, 15) is 0 Å². The number of methoxy groups -OCH3 is 1. The predicted molar refractivity (Wildman–Crippen MR) is 59.0 cm³/mol. The van der Waals surface area contributed by atoms with E-state index >= 15 is 0 Å². The molecule has 5 nitrogen and oxygen atoms in total. The summed E-state index contributed by atoms with van der Waals surface area (Å²) in [6.45, 7) is 0. The molecule has 1 aliphatic rings. The van der Waals surface area contributed by atoms with Crippen LogP contribution in [-0.4, -0.2) is 22.3 Å². The van der Waals surface area contributed by atoms with Crippen molar-refractivity contribution in [2.45, 2.75) is 6.42 Å². The van der Waals surface area contributed by atoms with Crippen LogP contribution in [0.2, 0.25) is 0 Å². The van der Waals surface area contributed by atoms with Gasteiger partial charge in [0.15, 0.2) is 0 Å². The van der Waals surface area contributed by atoms with Crippen molar-refractivity contribution >= 4 is 5.95 Å². The fourth-order valence-electron chi connectivity index (χ4n) is 2.02. The maximum atomic E-state index is 5.54. The lowest BCUT2D eigenvalue weighted by Crippen LogP contribution is -2.00. The Morgan fingerprint density at radius 1 is 1.31 bits per heavy atom. The van der Waals surface area contributed by atoms with Crippen LogP contribution in [0.3, 0.4) is 0 Å². The maximum absolute atomic E-state index is 5.54. The van der Waals surface area contributed by atoms with Crippen molar-refractivity contribution in [2.75, 3.05) is 12.8 Å². The summed E-state index contributed by atoms with van der Waals surface area (Å²) in [4.78, 5) is 4.22. The Morgan fingerprint density at radius 3 is 3.00 bits per heavy atom. The molecule has 0 atom stereocenters. The van der Waals surface area contributed by atoms with Crippen molar-refractivity contribution in [3.63, 3.8) is 0 Å². The zero-order valence-corrected chi connectivity index (χ0v) is 8.77. The molecule has 1 aromatic carbocycles. The number of rotatable bonds is 1. The highest BCUT2D eigenvalue weighted by molar-refractivity contribution is 5.75. The van der Waals surface area contributed by atoms with Gasteiger partial charge < -0.3 is 10.5 Å². The molecule has 0 aliphatic heterocycles. The first kappa shape index (κ1) is 9.08. The molecule has 1 aliphatic carbocycles. The van der Waals surface area contributed by atoms with Gasteiger partial charge in [0, 0.05) is 17.5 Å². The Morgan fingerprint density at radius 2 is 2.19 bits per heavy atom. The molecule has 0 saturated carbocycles. The van der Waals surface area contributed by atoms with Gasteiger partial charge in [0.05, 0.1) is 18.5 Å². The van der Waals surface area contributed by atoms with Gasteiger partial charge in [0.25, 0.3) is 0 Å². The summed E-state index contributed by atoms with van der Waals surface area (Å²) in [7, 11) is 1.66. The van der Waals surface area contributed by atoms with Crippen LogP contribution in [0.25, 0.3) is 11.3 Å². The zero-order valence-electron chi connectivity index (χ0n) is 8.77. The summed E-state index contributed by atoms with van der Waals surface area (Å²) in [5.74, 6) is 1.06. The van der Waals surface area contributed by atoms with Crippen LogP contribution in [0.5, 0.6) is 5.75 Å². The van der Waals surface area contributed by atoms with E-state index in [4.69, 9.17) is 10.5 Å². The van der Waals surface area contributed by atoms with Gasteiger partial charge in [-0.15, -0.1) is 10.2 Å². The topological polar surface area (TPSA) is 73.9 Å². The van der Waals surface area contributed by atoms with E-state index in [1.165, 1.54) is 0 Å². The minimum absolute atomic E-state index is 0.203. The number of nitrogen functional groups attached to an aromatic ring is 1. The third kappa shape index (κ3) is 1.14. The number of nitrogens with two attached hydrogens (primary N) is 1. The molecule has 0 fully saturated rings.